The predicted molar refractivity (Wildman–Crippen MR) is 288 cm³/mol. The summed E-state index contributed by atoms with van der Waals surface area (Å²) in [6.45, 7) is 6.11. The number of thioether (sulfide) groups is 1. The molecule has 1 unspecified atom stereocenters. The zero-order valence-corrected chi connectivity index (χ0v) is 45.9. The van der Waals surface area contributed by atoms with E-state index in [1.54, 1.807) is 45.9 Å². The maximum absolute atomic E-state index is 14.8. The molecule has 4 heterocycles. The minimum Gasteiger partial charge on any atom is -0.391 e. The average Bonchev–Trinajstić information content (AvgIpc) is 4.20. The monoisotopic (exact) mass is 1120 g/mol. The highest BCUT2D eigenvalue weighted by Gasteiger charge is 2.44. The Labute approximate surface area is 462 Å². The first-order valence-corrected chi connectivity index (χ1v) is 27.7. The normalized spacial score (nSPS) is 23.8. The van der Waals surface area contributed by atoms with Crippen molar-refractivity contribution in [3.05, 3.63) is 29.3 Å². The molecular weight excluding hydrogens is 1040 g/mol. The van der Waals surface area contributed by atoms with Crippen molar-refractivity contribution < 1.29 is 67.4 Å². The van der Waals surface area contributed by atoms with E-state index < -0.39 is 145 Å². The molecule has 0 saturated carbocycles. The van der Waals surface area contributed by atoms with Crippen molar-refractivity contribution in [3.8, 4) is 12.3 Å². The molecule has 0 aliphatic carbocycles. The Kier molecular flexibility index (Phi) is 24.0. The molecule has 1 saturated heterocycles. The van der Waals surface area contributed by atoms with Crippen LogP contribution in [0.2, 0.25) is 0 Å². The number of carbonyl (C=O) groups excluding carboxylic acids is 12. The zero-order valence-electron chi connectivity index (χ0n) is 45.1. The van der Waals surface area contributed by atoms with E-state index in [2.05, 4.69) is 42.2 Å². The maximum Gasteiger partial charge on any atom is 0.295 e. The summed E-state index contributed by atoms with van der Waals surface area (Å²) in [5.41, 5.74) is 7.22. The van der Waals surface area contributed by atoms with Gasteiger partial charge in [0.15, 0.2) is 11.6 Å². The van der Waals surface area contributed by atoms with Crippen molar-refractivity contribution in [1.29, 1.82) is 0 Å². The van der Waals surface area contributed by atoms with Gasteiger partial charge >= 0.3 is 0 Å². The number of aromatic amines is 1. The molecule has 5 rings (SSSR count). The van der Waals surface area contributed by atoms with Gasteiger partial charge in [-0.05, 0) is 53.9 Å². The Morgan fingerprint density at radius 1 is 0.848 bits per heavy atom. The van der Waals surface area contributed by atoms with Gasteiger partial charge in [0.2, 0.25) is 47.3 Å². The Bertz CT molecular complexity index is 2670. The third-order valence-electron chi connectivity index (χ3n) is 14.4. The average molecular weight is 1120 g/mol. The minimum absolute atomic E-state index is 0.0216. The molecular formula is C54H74N10O14S. The number of primary amides is 1. The fourth-order valence-electron chi connectivity index (χ4n) is 9.64. The van der Waals surface area contributed by atoms with Gasteiger partial charge in [0.05, 0.1) is 55.4 Å². The summed E-state index contributed by atoms with van der Waals surface area (Å²) < 4.78 is 5.34. The first-order valence-electron chi connectivity index (χ1n) is 26.8. The highest BCUT2D eigenvalue weighted by atomic mass is 32.2. The van der Waals surface area contributed by atoms with Crippen LogP contribution in [-0.2, 0) is 75.1 Å². The number of amides is 9. The van der Waals surface area contributed by atoms with Gasteiger partial charge in [-0.2, -0.15) is 0 Å². The van der Waals surface area contributed by atoms with E-state index in [-0.39, 0.29) is 82.4 Å². The van der Waals surface area contributed by atoms with Gasteiger partial charge in [0, 0.05) is 87.2 Å². The van der Waals surface area contributed by atoms with Crippen molar-refractivity contribution in [2.45, 2.75) is 134 Å². The largest absolute Gasteiger partial charge is 0.391 e. The molecule has 2 bridgehead atoms. The minimum atomic E-state index is -1.45. The van der Waals surface area contributed by atoms with Crippen LogP contribution in [0.3, 0.4) is 0 Å². The molecule has 0 spiro atoms. The number of hydrogen-bond acceptors (Lipinski definition) is 15. The van der Waals surface area contributed by atoms with Gasteiger partial charge in [0.1, 0.15) is 17.9 Å². The highest BCUT2D eigenvalue weighted by Crippen LogP contribution is 2.35. The molecule has 1 fully saturated rings. The summed E-state index contributed by atoms with van der Waals surface area (Å²) in [5.74, 6) is -9.84. The lowest BCUT2D eigenvalue weighted by Crippen LogP contribution is -2.55. The number of nitrogens with one attached hydrogen (secondary N) is 8. The molecule has 11 N–H and O–H groups in total. The lowest BCUT2D eigenvalue weighted by molar-refractivity contribution is -0.145. The summed E-state index contributed by atoms with van der Waals surface area (Å²) in [6, 6.07) is 0.0855. The number of nitrogens with zero attached hydrogens (tertiary/aromatic N) is 1. The molecule has 1 aromatic carbocycles. The maximum atomic E-state index is 14.8. The number of aromatic nitrogens is 1. The van der Waals surface area contributed by atoms with Crippen LogP contribution in [0.5, 0.6) is 0 Å². The number of rotatable bonds is 18. The number of aliphatic hydroxyl groups excluding tert-OH is 1. The van der Waals surface area contributed by atoms with Gasteiger partial charge in [-0.1, -0.05) is 46.6 Å². The van der Waals surface area contributed by atoms with Crippen LogP contribution in [0, 0.1) is 36.0 Å². The second-order valence-corrected chi connectivity index (χ2v) is 21.4. The summed E-state index contributed by atoms with van der Waals surface area (Å²) >= 11 is 1.07. The number of aliphatic hydroxyl groups is 1. The van der Waals surface area contributed by atoms with Crippen molar-refractivity contribution >= 4 is 93.2 Å². The highest BCUT2D eigenvalue weighted by molar-refractivity contribution is 7.99. The molecule has 3 aliphatic heterocycles. The topological polar surface area (TPSA) is 364 Å². The van der Waals surface area contributed by atoms with Gasteiger partial charge < -0.3 is 62.7 Å². The van der Waals surface area contributed by atoms with Crippen molar-refractivity contribution in [3.63, 3.8) is 0 Å². The van der Waals surface area contributed by atoms with E-state index in [0.29, 0.717) is 46.3 Å². The van der Waals surface area contributed by atoms with Gasteiger partial charge in [-0.25, -0.2) is 0 Å². The SMILES string of the molecule is C#CC(=O)NCCOCCC(=O)NCCCC(=O)Cc1ccc2[nH]c3c(c2c1)C[C@@H]1CC(=O)[C@H](C(C)CC)NC(=O)[C@@H]2C[C@@H](O)CN2C(=O)[C@H](CC(N)=O)CC(=O)[C@H](CS3)NC(=O)CNC(=O)[C@H]([C@@H](C)CC)NC(=O)CNC1=O. The van der Waals surface area contributed by atoms with E-state index >= 15 is 0 Å². The number of nitrogens with two attached hydrogens (primary N) is 1. The third kappa shape index (κ3) is 18.5. The molecule has 1 aromatic heterocycles. The van der Waals surface area contributed by atoms with Crippen molar-refractivity contribution in [1.82, 2.24) is 47.1 Å². The lowest BCUT2D eigenvalue weighted by Gasteiger charge is -2.31. The Hall–Kier alpha value is -7.17. The first kappa shape index (κ1) is 62.7. The molecule has 24 nitrogen and oxygen atoms in total. The standard InChI is InChI=1S/C54H74N10O14S/c1-6-29(4)48-42(68)21-32-20-37-36-19-31(18-34(65)10-9-14-56-45(71)13-16-78-17-15-57-44(70)8-3)11-12-38(36)61-53(37)79-28-39(60-46(72)25-59-52(76)49(30(5)7-2)62-47(73)26-58-50(32)74)41(67)22-33(23-43(55)69)54(77)64-27-35(66)24-40(64)51(75)63-48/h3,11-12,19,29-30,32-33,35,39-40,48-49,61,66H,6-7,9-10,13-18,20-28H2,1-2,4-5H3,(H2,55,69)(H,56,71)(H,57,70)(H,58,74)(H,59,76)(H,60,72)(H,62,73)(H,63,75)/t29?,30-,32+,33-,35+,39-,40-,48-,49-/m0/s1. The number of hydrogen-bond donors (Lipinski definition) is 10. The number of ketones is 3. The van der Waals surface area contributed by atoms with Gasteiger partial charge in [-0.3, -0.25) is 57.5 Å². The fraction of sp³-hybridized carbons (Fsp3) is 0.593. The first-order chi connectivity index (χ1) is 37.6. The molecule has 2 aromatic rings. The molecule has 9 atom stereocenters. The van der Waals surface area contributed by atoms with Crippen LogP contribution in [-0.4, -0.2) is 167 Å². The van der Waals surface area contributed by atoms with Gasteiger partial charge in [0.25, 0.3) is 5.91 Å². The van der Waals surface area contributed by atoms with Crippen LogP contribution in [0.25, 0.3) is 10.9 Å². The molecule has 9 amide bonds. The number of H-pyrrole nitrogens is 1. The lowest BCUT2D eigenvalue weighted by atomic mass is 9.86. The summed E-state index contributed by atoms with van der Waals surface area (Å²) in [6.07, 6.45) is 2.90. The van der Waals surface area contributed by atoms with Crippen molar-refractivity contribution in [2.24, 2.45) is 29.4 Å². The Balaban J connectivity index is 1.54. The van der Waals surface area contributed by atoms with E-state index in [0.717, 1.165) is 16.7 Å². The molecule has 430 valence electrons. The van der Waals surface area contributed by atoms with E-state index in [9.17, 15) is 62.6 Å². The molecule has 0 radical (unpaired) electrons. The number of carbonyl (C=O) groups is 12. The quantitative estimate of drug-likeness (QED) is 0.0617. The smallest absolute Gasteiger partial charge is 0.295 e. The Morgan fingerprint density at radius 3 is 2.24 bits per heavy atom. The summed E-state index contributed by atoms with van der Waals surface area (Å²) in [4.78, 5) is 168. The van der Waals surface area contributed by atoms with Gasteiger partial charge in [-0.15, -0.1) is 18.2 Å². The summed E-state index contributed by atoms with van der Waals surface area (Å²) in [7, 11) is 0. The predicted octanol–water partition coefficient (Wildman–Crippen LogP) is -1.24. The third-order valence-corrected chi connectivity index (χ3v) is 15.6. The van der Waals surface area contributed by atoms with E-state index in [1.807, 2.05) is 5.92 Å². The molecule has 3 aliphatic rings. The van der Waals surface area contributed by atoms with Crippen LogP contribution in [0.4, 0.5) is 0 Å². The number of Topliss-reactive ketones (excluding diaryl/α,β-unsaturated/α-hetero) is 3. The molecule has 25 heteroatoms. The van der Waals surface area contributed by atoms with E-state index in [1.165, 1.54) is 0 Å². The summed E-state index contributed by atoms with van der Waals surface area (Å²) in [5, 5.41) is 30.2. The number of ether oxygens (including phenoxy) is 1. The van der Waals surface area contributed by atoms with E-state index in [4.69, 9.17) is 16.9 Å². The zero-order chi connectivity index (χ0) is 57.9. The number of fused-ring (bicyclic) bond motifs is 5. The van der Waals surface area contributed by atoms with Crippen LogP contribution < -0.4 is 43.0 Å². The number of benzene rings is 1. The second-order valence-electron chi connectivity index (χ2n) is 20.4. The van der Waals surface area contributed by atoms with Crippen LogP contribution >= 0.6 is 11.8 Å². The van der Waals surface area contributed by atoms with Crippen molar-refractivity contribution in [2.75, 3.05) is 51.7 Å². The van der Waals surface area contributed by atoms with Crippen LogP contribution in [0.15, 0.2) is 23.2 Å². The Morgan fingerprint density at radius 2 is 1.54 bits per heavy atom. The fourth-order valence-corrected chi connectivity index (χ4v) is 10.8. The molecule has 79 heavy (non-hydrogen) atoms. The van der Waals surface area contributed by atoms with Crippen LogP contribution in [0.1, 0.15) is 96.6 Å². The second kappa shape index (κ2) is 30.3. The number of terminal acetylenes is 1.